The number of hydrogen-bond donors (Lipinski definition) is 1. The van der Waals surface area contributed by atoms with Gasteiger partial charge in [0.2, 0.25) is 0 Å². The molecule has 0 rings (SSSR count). The van der Waals surface area contributed by atoms with E-state index < -0.39 is 22.9 Å². The summed E-state index contributed by atoms with van der Waals surface area (Å²) in [5.74, 6) is -0.893. The molecule has 112 valence electrons. The van der Waals surface area contributed by atoms with Crippen molar-refractivity contribution in [2.75, 3.05) is 13.6 Å². The molecule has 0 aliphatic heterocycles. The highest BCUT2D eigenvalue weighted by Gasteiger charge is 2.35. The maximum Gasteiger partial charge on any atom is 0.372 e. The minimum atomic E-state index is -0.700. The van der Waals surface area contributed by atoms with E-state index in [-0.39, 0.29) is 19.4 Å². The fourth-order valence-electron chi connectivity index (χ4n) is 1.54. The molecule has 0 fully saturated rings. The molecular weight excluding hydrogens is 250 g/mol. The predicted molar refractivity (Wildman–Crippen MR) is 69.3 cm³/mol. The molecule has 6 nitrogen and oxygen atoms in total. The molecule has 0 saturated carbocycles. The molecule has 0 aliphatic rings. The van der Waals surface area contributed by atoms with Crippen LogP contribution < -0.4 is 0 Å². The molecule has 0 aromatic heterocycles. The Kier molecular flexibility index (Phi) is 8.34. The highest BCUT2D eigenvalue weighted by atomic mass is 17.0. The number of aliphatic hydroxyl groups is 1. The molecule has 0 aromatic rings. The highest BCUT2D eigenvalue weighted by molar-refractivity contribution is 5.69. The zero-order chi connectivity index (χ0) is 14.9. The lowest BCUT2D eigenvalue weighted by Gasteiger charge is -2.28. The normalized spacial score (nSPS) is 12.9. The Bertz CT molecular complexity index is 273. The largest absolute Gasteiger partial charge is 0.387 e. The average molecular weight is 276 g/mol. The van der Waals surface area contributed by atoms with Crippen molar-refractivity contribution in [2.24, 2.45) is 0 Å². The van der Waals surface area contributed by atoms with E-state index in [4.69, 9.17) is 9.68 Å². The summed E-state index contributed by atoms with van der Waals surface area (Å²) in [6, 6.07) is 0. The van der Waals surface area contributed by atoms with Crippen LogP contribution in [-0.4, -0.2) is 41.6 Å². The Morgan fingerprint density at radius 3 is 1.79 bits per heavy atom. The lowest BCUT2D eigenvalue weighted by molar-refractivity contribution is -1.21. The van der Waals surface area contributed by atoms with Crippen LogP contribution in [0.4, 0.5) is 0 Å². The van der Waals surface area contributed by atoms with Crippen molar-refractivity contribution in [3.8, 4) is 0 Å². The predicted octanol–water partition coefficient (Wildman–Crippen LogP) is 1.72. The third-order valence-electron chi connectivity index (χ3n) is 2.51. The number of nitrogens with zero attached hydrogens (tertiary/aromatic N) is 1. The molecule has 19 heavy (non-hydrogen) atoms. The van der Waals surface area contributed by atoms with Crippen molar-refractivity contribution in [1.29, 1.82) is 0 Å². The number of hydroxylamine groups is 4. The molecule has 1 N–H and O–H groups in total. The first kappa shape index (κ1) is 17.9. The second-order valence-electron chi connectivity index (χ2n) is 4.69. The van der Waals surface area contributed by atoms with Crippen LogP contribution in [0.2, 0.25) is 0 Å². The van der Waals surface area contributed by atoms with Crippen LogP contribution in [0.3, 0.4) is 0 Å². The molecule has 0 radical (unpaired) electrons. The monoisotopic (exact) mass is 276 g/mol. The number of likely N-dealkylation sites (N-methyl/N-ethyl adjacent to an activating group) is 1. The summed E-state index contributed by atoms with van der Waals surface area (Å²) < 4.78 is 0. The summed E-state index contributed by atoms with van der Waals surface area (Å²) in [4.78, 5) is 32.8. The van der Waals surface area contributed by atoms with Gasteiger partial charge in [-0.1, -0.05) is 20.8 Å². The molecule has 1 unspecified atom stereocenters. The number of quaternary nitrogens is 1. The van der Waals surface area contributed by atoms with E-state index in [1.807, 2.05) is 13.8 Å². The van der Waals surface area contributed by atoms with Gasteiger partial charge in [-0.05, 0) is 19.3 Å². The minimum absolute atomic E-state index is 0.0292. The molecule has 0 amide bonds. The second-order valence-corrected chi connectivity index (χ2v) is 4.69. The summed E-state index contributed by atoms with van der Waals surface area (Å²) in [5.41, 5.74) is 0. The topological polar surface area (TPSA) is 72.8 Å². The maximum absolute atomic E-state index is 11.6. The van der Waals surface area contributed by atoms with Gasteiger partial charge in [0, 0.05) is 4.81 Å². The maximum atomic E-state index is 11.6. The van der Waals surface area contributed by atoms with Crippen LogP contribution >= 0.6 is 0 Å². The zero-order valence-corrected chi connectivity index (χ0v) is 12.3. The Balaban J connectivity index is 4.69. The van der Waals surface area contributed by atoms with Crippen LogP contribution in [-0.2, 0) is 19.3 Å². The second kappa shape index (κ2) is 8.87. The summed E-state index contributed by atoms with van der Waals surface area (Å²) in [5, 5.41) is 9.68. The molecule has 0 saturated heterocycles. The SMILES string of the molecule is CCCC(=O)O[N+](C)(CC(O)CC)OC(=O)CCC. The van der Waals surface area contributed by atoms with Crippen LogP contribution in [0.1, 0.15) is 52.9 Å². The summed E-state index contributed by atoms with van der Waals surface area (Å²) >= 11 is 0. The van der Waals surface area contributed by atoms with E-state index in [2.05, 4.69) is 0 Å². The lowest BCUT2D eigenvalue weighted by atomic mass is 10.3. The summed E-state index contributed by atoms with van der Waals surface area (Å²) in [7, 11) is 1.46. The number of rotatable bonds is 9. The average Bonchev–Trinajstić information content (AvgIpc) is 2.28. The van der Waals surface area contributed by atoms with Crippen molar-refractivity contribution in [2.45, 2.75) is 59.0 Å². The Morgan fingerprint density at radius 1 is 1.05 bits per heavy atom. The quantitative estimate of drug-likeness (QED) is 0.513. The molecular formula is C13H26NO5+. The van der Waals surface area contributed by atoms with E-state index in [1.165, 1.54) is 7.05 Å². The van der Waals surface area contributed by atoms with Gasteiger partial charge < -0.3 is 5.11 Å². The number of carbonyl (C=O) groups is 2. The third-order valence-corrected chi connectivity index (χ3v) is 2.51. The molecule has 0 heterocycles. The first-order chi connectivity index (χ1) is 8.86. The Morgan fingerprint density at radius 2 is 1.47 bits per heavy atom. The highest BCUT2D eigenvalue weighted by Crippen LogP contribution is 2.13. The summed E-state index contributed by atoms with van der Waals surface area (Å²) in [6.07, 6.45) is 1.59. The number of aliphatic hydroxyl groups excluding tert-OH is 1. The van der Waals surface area contributed by atoms with E-state index >= 15 is 0 Å². The molecule has 0 aromatic carbocycles. The van der Waals surface area contributed by atoms with Crippen molar-refractivity contribution < 1.29 is 29.2 Å². The van der Waals surface area contributed by atoms with Gasteiger partial charge >= 0.3 is 11.9 Å². The first-order valence-corrected chi connectivity index (χ1v) is 6.85. The molecule has 1 atom stereocenters. The van der Waals surface area contributed by atoms with Gasteiger partial charge in [0.15, 0.2) is 13.6 Å². The van der Waals surface area contributed by atoms with E-state index in [0.29, 0.717) is 19.3 Å². The molecule has 0 bridgehead atoms. The first-order valence-electron chi connectivity index (χ1n) is 6.85. The fourth-order valence-corrected chi connectivity index (χ4v) is 1.54. The van der Waals surface area contributed by atoms with E-state index in [9.17, 15) is 14.7 Å². The van der Waals surface area contributed by atoms with Crippen molar-refractivity contribution in [3.63, 3.8) is 0 Å². The molecule has 0 spiro atoms. The minimum Gasteiger partial charge on any atom is -0.387 e. The van der Waals surface area contributed by atoms with Crippen LogP contribution in [0.5, 0.6) is 0 Å². The zero-order valence-electron chi connectivity index (χ0n) is 12.3. The Labute approximate surface area is 114 Å². The Hall–Kier alpha value is -1.14. The van der Waals surface area contributed by atoms with Gasteiger partial charge in [-0.3, -0.25) is 0 Å². The summed E-state index contributed by atoms with van der Waals surface area (Å²) in [6.45, 7) is 5.54. The van der Waals surface area contributed by atoms with Crippen LogP contribution in [0.15, 0.2) is 0 Å². The third kappa shape index (κ3) is 7.79. The van der Waals surface area contributed by atoms with Crippen LogP contribution in [0.25, 0.3) is 0 Å². The van der Waals surface area contributed by atoms with Gasteiger partial charge in [0.1, 0.15) is 6.10 Å². The van der Waals surface area contributed by atoms with Gasteiger partial charge in [-0.25, -0.2) is 19.3 Å². The van der Waals surface area contributed by atoms with Gasteiger partial charge in [0.05, 0.1) is 12.8 Å². The van der Waals surface area contributed by atoms with E-state index in [1.54, 1.807) is 6.92 Å². The molecule has 6 heteroatoms. The van der Waals surface area contributed by atoms with Crippen molar-refractivity contribution in [1.82, 2.24) is 0 Å². The van der Waals surface area contributed by atoms with Gasteiger partial charge in [0.25, 0.3) is 0 Å². The fraction of sp³-hybridized carbons (Fsp3) is 0.846. The standard InChI is InChI=1S/C13H26NO5/c1-5-8-12(16)18-14(4,10-11(15)7-3)19-13(17)9-6-2/h11,15H,5-10H2,1-4H3/q+1. The smallest absolute Gasteiger partial charge is 0.372 e. The van der Waals surface area contributed by atoms with Crippen molar-refractivity contribution >= 4 is 11.9 Å². The van der Waals surface area contributed by atoms with Gasteiger partial charge in [-0.2, -0.15) is 0 Å². The van der Waals surface area contributed by atoms with Gasteiger partial charge in [-0.15, -0.1) is 0 Å². The number of hydrogen-bond acceptors (Lipinski definition) is 5. The lowest BCUT2D eigenvalue weighted by Crippen LogP contribution is -2.51. The van der Waals surface area contributed by atoms with Crippen LogP contribution in [0, 0.1) is 0 Å². The van der Waals surface area contributed by atoms with E-state index in [0.717, 1.165) is 0 Å². The molecule has 0 aliphatic carbocycles. The number of carbonyl (C=O) groups excluding carboxylic acids is 2. The van der Waals surface area contributed by atoms with Crippen molar-refractivity contribution in [3.05, 3.63) is 0 Å².